The molecular weight excluding hydrogens is 487 g/mol. The maximum absolute atomic E-state index is 10.7. The third kappa shape index (κ3) is 9.57. The molecule has 0 aliphatic carbocycles. The van der Waals surface area contributed by atoms with Crippen molar-refractivity contribution in [3.05, 3.63) is 69.8 Å². The van der Waals surface area contributed by atoms with Crippen LogP contribution in [0.25, 0.3) is 0 Å². The minimum absolute atomic E-state index is 0. The van der Waals surface area contributed by atoms with Gasteiger partial charge in [-0.25, -0.2) is 4.99 Å². The average molecular weight is 514 g/mol. The van der Waals surface area contributed by atoms with E-state index < -0.39 is 4.92 Å². The molecule has 0 aliphatic rings. The fourth-order valence-corrected chi connectivity index (χ4v) is 2.31. The van der Waals surface area contributed by atoms with Crippen molar-refractivity contribution in [1.29, 1.82) is 0 Å². The van der Waals surface area contributed by atoms with Crippen LogP contribution >= 0.6 is 24.0 Å². The number of nitrogens with zero attached hydrogens (tertiary/aromatic N) is 2. The minimum atomic E-state index is -0.416. The zero-order valence-corrected chi connectivity index (χ0v) is 18.9. The highest BCUT2D eigenvalue weighted by Crippen LogP contribution is 2.12. The number of aliphatic imine (C=N–C) groups is 1. The zero-order chi connectivity index (χ0) is 20.2. The average Bonchev–Trinajstić information content (AvgIpc) is 2.70. The van der Waals surface area contributed by atoms with Crippen LogP contribution in [0.5, 0.6) is 5.75 Å². The first-order chi connectivity index (χ1) is 13.6. The Bertz CT molecular complexity index is 767. The number of nitrogens with one attached hydrogen (secondary N) is 2. The second kappa shape index (κ2) is 13.7. The van der Waals surface area contributed by atoms with Crippen molar-refractivity contribution in [2.45, 2.75) is 13.5 Å². The molecule has 2 aromatic carbocycles. The molecule has 0 unspecified atom stereocenters. The Morgan fingerprint density at radius 3 is 2.24 bits per heavy atom. The molecule has 2 rings (SSSR count). The number of nitro benzene ring substituents is 1. The molecule has 2 aromatic rings. The van der Waals surface area contributed by atoms with Crippen LogP contribution < -0.4 is 15.4 Å². The lowest BCUT2D eigenvalue weighted by Gasteiger charge is -2.13. The number of hydrogen-bond donors (Lipinski definition) is 2. The van der Waals surface area contributed by atoms with Crippen LogP contribution in [0.15, 0.2) is 53.5 Å². The first-order valence-corrected chi connectivity index (χ1v) is 9.02. The Morgan fingerprint density at radius 1 is 1.03 bits per heavy atom. The number of halogens is 1. The Labute approximate surface area is 187 Å². The van der Waals surface area contributed by atoms with Crippen molar-refractivity contribution in [2.75, 3.05) is 33.4 Å². The van der Waals surface area contributed by atoms with E-state index in [9.17, 15) is 10.1 Å². The number of methoxy groups -OCH3 is 1. The van der Waals surface area contributed by atoms with Gasteiger partial charge < -0.3 is 20.1 Å². The second-order valence-corrected chi connectivity index (χ2v) is 6.10. The number of aryl methyl sites for hydroxylation is 1. The summed E-state index contributed by atoms with van der Waals surface area (Å²) in [6.45, 7) is 4.67. The fraction of sp³-hybridized carbons (Fsp3) is 0.350. The maximum atomic E-state index is 10.7. The molecule has 0 fully saturated rings. The van der Waals surface area contributed by atoms with Crippen LogP contribution in [0.4, 0.5) is 5.69 Å². The van der Waals surface area contributed by atoms with Gasteiger partial charge in [-0.2, -0.15) is 0 Å². The van der Waals surface area contributed by atoms with Gasteiger partial charge in [-0.05, 0) is 24.6 Å². The van der Waals surface area contributed by atoms with Gasteiger partial charge in [0.25, 0.3) is 5.69 Å². The van der Waals surface area contributed by atoms with E-state index in [0.29, 0.717) is 38.8 Å². The summed E-state index contributed by atoms with van der Waals surface area (Å²) >= 11 is 0. The topological polar surface area (TPSA) is 98.0 Å². The van der Waals surface area contributed by atoms with Gasteiger partial charge in [-0.15, -0.1) is 24.0 Å². The molecule has 0 aromatic heterocycles. The molecule has 0 bridgehead atoms. The second-order valence-electron chi connectivity index (χ2n) is 6.10. The Balaban J connectivity index is 0.00000420. The monoisotopic (exact) mass is 514 g/mol. The predicted molar refractivity (Wildman–Crippen MR) is 124 cm³/mol. The number of nitro groups is 1. The van der Waals surface area contributed by atoms with Gasteiger partial charge in [-0.1, -0.05) is 29.8 Å². The van der Waals surface area contributed by atoms with Gasteiger partial charge in [0.15, 0.2) is 5.96 Å². The zero-order valence-electron chi connectivity index (χ0n) is 16.6. The summed E-state index contributed by atoms with van der Waals surface area (Å²) in [6.07, 6.45) is 0. The molecule has 0 heterocycles. The van der Waals surface area contributed by atoms with E-state index >= 15 is 0 Å². The smallest absolute Gasteiger partial charge is 0.269 e. The molecule has 0 radical (unpaired) electrons. The van der Waals surface area contributed by atoms with E-state index in [1.807, 2.05) is 31.2 Å². The third-order valence-corrected chi connectivity index (χ3v) is 3.85. The summed E-state index contributed by atoms with van der Waals surface area (Å²) in [4.78, 5) is 14.8. The molecule has 9 heteroatoms. The van der Waals surface area contributed by atoms with E-state index in [0.717, 1.165) is 11.3 Å². The van der Waals surface area contributed by atoms with Gasteiger partial charge in [0.1, 0.15) is 12.4 Å². The van der Waals surface area contributed by atoms with Crippen molar-refractivity contribution in [1.82, 2.24) is 10.6 Å². The molecule has 0 spiro atoms. The van der Waals surface area contributed by atoms with Gasteiger partial charge in [0.05, 0.1) is 24.6 Å². The quantitative estimate of drug-likeness (QED) is 0.126. The van der Waals surface area contributed by atoms with Crippen LogP contribution in [0.2, 0.25) is 0 Å². The number of hydrogen-bond acceptors (Lipinski definition) is 5. The van der Waals surface area contributed by atoms with E-state index in [1.165, 1.54) is 17.7 Å². The lowest BCUT2D eigenvalue weighted by molar-refractivity contribution is -0.384. The van der Waals surface area contributed by atoms with Crippen molar-refractivity contribution in [3.63, 3.8) is 0 Å². The summed E-state index contributed by atoms with van der Waals surface area (Å²) in [5.74, 6) is 1.45. The Morgan fingerprint density at radius 2 is 1.66 bits per heavy atom. The molecule has 158 valence electrons. The van der Waals surface area contributed by atoms with E-state index in [-0.39, 0.29) is 29.7 Å². The highest BCUT2D eigenvalue weighted by Gasteiger charge is 2.04. The fourth-order valence-electron chi connectivity index (χ4n) is 2.31. The lowest BCUT2D eigenvalue weighted by atomic mass is 10.2. The van der Waals surface area contributed by atoms with Crippen LogP contribution in [0.1, 0.15) is 11.1 Å². The van der Waals surface area contributed by atoms with Crippen LogP contribution in [0, 0.1) is 17.0 Å². The summed E-state index contributed by atoms with van der Waals surface area (Å²) in [5, 5.41) is 17.1. The van der Waals surface area contributed by atoms with Crippen molar-refractivity contribution >= 4 is 35.6 Å². The van der Waals surface area contributed by atoms with E-state index in [1.54, 1.807) is 19.2 Å². The van der Waals surface area contributed by atoms with Gasteiger partial charge in [0, 0.05) is 25.8 Å². The normalized spacial score (nSPS) is 10.8. The van der Waals surface area contributed by atoms with Crippen molar-refractivity contribution in [2.24, 2.45) is 4.99 Å². The summed E-state index contributed by atoms with van der Waals surface area (Å²) in [5.41, 5.74) is 2.14. The SMILES string of the molecule is COCCNC(=NCc1ccc([N+](=O)[O-])cc1)NCCOc1ccc(C)cc1.I. The Kier molecular flexibility index (Phi) is 11.7. The molecule has 0 amide bonds. The van der Waals surface area contributed by atoms with Crippen LogP contribution in [-0.4, -0.2) is 44.3 Å². The summed E-state index contributed by atoms with van der Waals surface area (Å²) in [7, 11) is 1.64. The summed E-state index contributed by atoms with van der Waals surface area (Å²) in [6, 6.07) is 14.3. The molecular formula is C20H27IN4O4. The van der Waals surface area contributed by atoms with E-state index in [4.69, 9.17) is 9.47 Å². The molecule has 2 N–H and O–H groups in total. The molecule has 29 heavy (non-hydrogen) atoms. The number of benzene rings is 2. The van der Waals surface area contributed by atoms with Gasteiger partial charge in [0.2, 0.25) is 0 Å². The molecule has 0 atom stereocenters. The van der Waals surface area contributed by atoms with Crippen LogP contribution in [-0.2, 0) is 11.3 Å². The first kappa shape index (κ1) is 24.6. The third-order valence-electron chi connectivity index (χ3n) is 3.85. The largest absolute Gasteiger partial charge is 0.492 e. The maximum Gasteiger partial charge on any atom is 0.269 e. The number of rotatable bonds is 10. The number of guanidine groups is 1. The summed E-state index contributed by atoms with van der Waals surface area (Å²) < 4.78 is 10.8. The molecule has 0 aliphatic heterocycles. The number of non-ortho nitro benzene ring substituents is 1. The first-order valence-electron chi connectivity index (χ1n) is 9.02. The van der Waals surface area contributed by atoms with Crippen LogP contribution in [0.3, 0.4) is 0 Å². The minimum Gasteiger partial charge on any atom is -0.492 e. The van der Waals surface area contributed by atoms with E-state index in [2.05, 4.69) is 15.6 Å². The van der Waals surface area contributed by atoms with Crippen molar-refractivity contribution in [3.8, 4) is 5.75 Å². The molecule has 8 nitrogen and oxygen atoms in total. The predicted octanol–water partition coefficient (Wildman–Crippen LogP) is 3.28. The molecule has 0 saturated heterocycles. The Hall–Kier alpha value is -2.40. The lowest BCUT2D eigenvalue weighted by Crippen LogP contribution is -2.40. The highest BCUT2D eigenvalue weighted by atomic mass is 127. The highest BCUT2D eigenvalue weighted by molar-refractivity contribution is 14.0. The molecule has 0 saturated carbocycles. The standard InChI is InChI=1S/C20H26N4O4.HI/c1-16-3-9-19(10-4-16)28-14-12-22-20(21-11-13-27-2)23-15-17-5-7-18(8-6-17)24(25)26;/h3-10H,11-15H2,1-2H3,(H2,21,22,23);1H. The van der Waals surface area contributed by atoms with Crippen molar-refractivity contribution < 1.29 is 14.4 Å². The van der Waals surface area contributed by atoms with Gasteiger partial charge in [-0.3, -0.25) is 10.1 Å². The van der Waals surface area contributed by atoms with Gasteiger partial charge >= 0.3 is 0 Å². The number of ether oxygens (including phenoxy) is 2.